The van der Waals surface area contributed by atoms with Gasteiger partial charge < -0.3 is 5.32 Å². The van der Waals surface area contributed by atoms with Gasteiger partial charge in [-0.2, -0.15) is 23.4 Å². The summed E-state index contributed by atoms with van der Waals surface area (Å²) < 4.78 is 40.5. The molecule has 2 heterocycles. The van der Waals surface area contributed by atoms with Crippen LogP contribution >= 0.6 is 0 Å². The number of nitrogens with zero attached hydrogens (tertiary/aromatic N) is 4. The van der Waals surface area contributed by atoms with Gasteiger partial charge in [0.2, 0.25) is 5.91 Å². The molecule has 0 saturated carbocycles. The first-order valence-corrected chi connectivity index (χ1v) is 6.59. The number of alkyl halides is 3. The Balaban J connectivity index is 2.03. The molecule has 0 aliphatic heterocycles. The van der Waals surface area contributed by atoms with Crippen molar-refractivity contribution < 1.29 is 18.0 Å². The van der Waals surface area contributed by atoms with Crippen LogP contribution in [0.4, 0.5) is 19.0 Å². The first-order chi connectivity index (χ1) is 10.2. The molecule has 1 atom stereocenters. The van der Waals surface area contributed by atoms with Crippen molar-refractivity contribution in [2.45, 2.75) is 26.6 Å². The van der Waals surface area contributed by atoms with Gasteiger partial charge in [0.25, 0.3) is 0 Å². The molecule has 2 rings (SSSR count). The summed E-state index contributed by atoms with van der Waals surface area (Å²) in [4.78, 5) is 12.0. The van der Waals surface area contributed by atoms with Crippen molar-refractivity contribution in [2.75, 3.05) is 5.32 Å². The van der Waals surface area contributed by atoms with Gasteiger partial charge in [-0.15, -0.1) is 0 Å². The van der Waals surface area contributed by atoms with E-state index in [0.717, 1.165) is 6.07 Å². The quantitative estimate of drug-likeness (QED) is 0.941. The van der Waals surface area contributed by atoms with E-state index >= 15 is 0 Å². The van der Waals surface area contributed by atoms with Gasteiger partial charge in [-0.1, -0.05) is 6.92 Å². The molecule has 1 amide bonds. The number of anilines is 1. The van der Waals surface area contributed by atoms with Crippen LogP contribution in [0.1, 0.15) is 18.3 Å². The summed E-state index contributed by atoms with van der Waals surface area (Å²) >= 11 is 0. The first kappa shape index (κ1) is 16.1. The van der Waals surface area contributed by atoms with E-state index in [2.05, 4.69) is 15.5 Å². The molecular formula is C13H16F3N5O. The van der Waals surface area contributed by atoms with Gasteiger partial charge in [0, 0.05) is 25.0 Å². The Morgan fingerprint density at radius 1 is 1.41 bits per heavy atom. The normalized spacial score (nSPS) is 13.2. The Hall–Kier alpha value is -2.32. The number of amides is 1. The van der Waals surface area contributed by atoms with Gasteiger partial charge in [0.05, 0.1) is 12.5 Å². The Kier molecular flexibility index (Phi) is 4.25. The number of hydrogen-bond donors (Lipinski definition) is 1. The van der Waals surface area contributed by atoms with E-state index in [1.807, 2.05) is 0 Å². The molecular weight excluding hydrogens is 299 g/mol. The summed E-state index contributed by atoms with van der Waals surface area (Å²) in [5.41, 5.74) is -0.604. The largest absolute Gasteiger partial charge is 0.435 e. The van der Waals surface area contributed by atoms with Gasteiger partial charge >= 0.3 is 6.18 Å². The molecule has 120 valence electrons. The van der Waals surface area contributed by atoms with Crippen molar-refractivity contribution in [2.24, 2.45) is 13.0 Å². The average molecular weight is 315 g/mol. The van der Waals surface area contributed by atoms with E-state index in [0.29, 0.717) is 11.5 Å². The number of carbonyl (C=O) groups excluding carboxylic acids is 1. The minimum Gasteiger partial charge on any atom is -0.309 e. The maximum Gasteiger partial charge on any atom is 0.435 e. The van der Waals surface area contributed by atoms with Crippen LogP contribution in [0.5, 0.6) is 0 Å². The van der Waals surface area contributed by atoms with Crippen molar-refractivity contribution in [1.29, 1.82) is 0 Å². The molecule has 0 saturated heterocycles. The number of hydrogen-bond acceptors (Lipinski definition) is 3. The first-order valence-electron chi connectivity index (χ1n) is 6.59. The summed E-state index contributed by atoms with van der Waals surface area (Å²) in [6.07, 6.45) is -2.82. The number of halogens is 3. The van der Waals surface area contributed by atoms with Crippen LogP contribution < -0.4 is 5.32 Å². The zero-order valence-corrected chi connectivity index (χ0v) is 12.3. The zero-order valence-electron chi connectivity index (χ0n) is 12.3. The highest BCUT2D eigenvalue weighted by molar-refractivity contribution is 5.91. The predicted molar refractivity (Wildman–Crippen MR) is 73.0 cm³/mol. The van der Waals surface area contributed by atoms with E-state index in [9.17, 15) is 18.0 Å². The van der Waals surface area contributed by atoms with Crippen LogP contribution in [0.25, 0.3) is 0 Å². The van der Waals surface area contributed by atoms with Crippen LogP contribution in [-0.2, 0) is 24.6 Å². The van der Waals surface area contributed by atoms with Crippen LogP contribution in [0.3, 0.4) is 0 Å². The van der Waals surface area contributed by atoms with Crippen molar-refractivity contribution in [3.8, 4) is 0 Å². The lowest BCUT2D eigenvalue weighted by atomic mass is 10.1. The van der Waals surface area contributed by atoms with Gasteiger partial charge in [-0.05, 0) is 13.0 Å². The van der Waals surface area contributed by atoms with Gasteiger partial charge in [0.15, 0.2) is 11.5 Å². The molecule has 0 unspecified atom stereocenters. The zero-order chi connectivity index (χ0) is 16.5. The molecule has 2 aromatic heterocycles. The van der Waals surface area contributed by atoms with E-state index in [-0.39, 0.29) is 12.5 Å². The fourth-order valence-electron chi connectivity index (χ4n) is 1.91. The van der Waals surface area contributed by atoms with E-state index < -0.39 is 17.8 Å². The summed E-state index contributed by atoms with van der Waals surface area (Å²) in [5.74, 6) is -0.489. The molecule has 1 N–H and O–H groups in total. The molecule has 0 aliphatic rings. The smallest absolute Gasteiger partial charge is 0.309 e. The lowest BCUT2D eigenvalue weighted by Gasteiger charge is -2.12. The van der Waals surface area contributed by atoms with Crippen LogP contribution in [0.2, 0.25) is 0 Å². The Labute approximate surface area is 124 Å². The summed E-state index contributed by atoms with van der Waals surface area (Å²) in [7, 11) is 1.71. The lowest BCUT2D eigenvalue weighted by Crippen LogP contribution is -2.25. The summed E-state index contributed by atoms with van der Waals surface area (Å²) in [6.45, 7) is 3.19. The third-order valence-electron chi connectivity index (χ3n) is 3.13. The monoisotopic (exact) mass is 315 g/mol. The molecule has 9 heteroatoms. The van der Waals surface area contributed by atoms with Crippen LogP contribution in [-0.4, -0.2) is 25.5 Å². The Morgan fingerprint density at radius 3 is 2.59 bits per heavy atom. The number of aryl methyl sites for hydroxylation is 2. The van der Waals surface area contributed by atoms with Gasteiger partial charge in [-0.25, -0.2) is 0 Å². The van der Waals surface area contributed by atoms with Crippen molar-refractivity contribution in [1.82, 2.24) is 19.6 Å². The van der Waals surface area contributed by atoms with E-state index in [1.54, 1.807) is 26.2 Å². The SMILES string of the molecule is Cc1cc(C(F)(F)F)nn1C[C@@H](C)C(=O)Nc1ccn(C)n1. The molecule has 0 radical (unpaired) electrons. The Bertz CT molecular complexity index is 674. The fraction of sp³-hybridized carbons (Fsp3) is 0.462. The third kappa shape index (κ3) is 3.66. The number of carbonyl (C=O) groups is 1. The summed E-state index contributed by atoms with van der Waals surface area (Å²) in [5, 5.41) is 10.1. The highest BCUT2D eigenvalue weighted by Gasteiger charge is 2.34. The van der Waals surface area contributed by atoms with E-state index in [1.165, 1.54) is 16.3 Å². The number of nitrogens with one attached hydrogen (secondary N) is 1. The molecule has 6 nitrogen and oxygen atoms in total. The van der Waals surface area contributed by atoms with Crippen LogP contribution in [0, 0.1) is 12.8 Å². The predicted octanol–water partition coefficient (Wildman–Crippen LogP) is 2.22. The second-order valence-electron chi connectivity index (χ2n) is 5.12. The fourth-order valence-corrected chi connectivity index (χ4v) is 1.91. The average Bonchev–Trinajstić information content (AvgIpc) is 2.96. The number of aromatic nitrogens is 4. The molecule has 0 spiro atoms. The summed E-state index contributed by atoms with van der Waals surface area (Å²) in [6, 6.07) is 2.59. The molecule has 22 heavy (non-hydrogen) atoms. The van der Waals surface area contributed by atoms with Gasteiger partial charge in [-0.3, -0.25) is 14.2 Å². The minimum absolute atomic E-state index is 0.0561. The molecule has 2 aromatic rings. The third-order valence-corrected chi connectivity index (χ3v) is 3.13. The van der Waals surface area contributed by atoms with Gasteiger partial charge in [0.1, 0.15) is 0 Å². The Morgan fingerprint density at radius 2 is 2.09 bits per heavy atom. The van der Waals surface area contributed by atoms with Crippen molar-refractivity contribution in [3.63, 3.8) is 0 Å². The lowest BCUT2D eigenvalue weighted by molar-refractivity contribution is -0.141. The minimum atomic E-state index is -4.49. The van der Waals surface area contributed by atoms with E-state index in [4.69, 9.17) is 0 Å². The molecule has 0 fully saturated rings. The standard InChI is InChI=1S/C13H16F3N5O/c1-8(12(22)17-11-4-5-20(3)19-11)7-21-9(2)6-10(18-21)13(14,15)16/h4-6,8H,7H2,1-3H3,(H,17,19,22)/t8-/m1/s1. The molecule has 0 aliphatic carbocycles. The number of rotatable bonds is 4. The van der Waals surface area contributed by atoms with Crippen molar-refractivity contribution >= 4 is 11.7 Å². The maximum absolute atomic E-state index is 12.6. The van der Waals surface area contributed by atoms with Crippen LogP contribution in [0.15, 0.2) is 18.3 Å². The molecule has 0 aromatic carbocycles. The highest BCUT2D eigenvalue weighted by Crippen LogP contribution is 2.28. The second-order valence-corrected chi connectivity index (χ2v) is 5.12. The second kappa shape index (κ2) is 5.82. The highest BCUT2D eigenvalue weighted by atomic mass is 19.4. The maximum atomic E-state index is 12.6. The topological polar surface area (TPSA) is 64.7 Å². The van der Waals surface area contributed by atoms with Crippen molar-refractivity contribution in [3.05, 3.63) is 29.7 Å². The molecule has 0 bridgehead atoms.